The Morgan fingerprint density at radius 2 is 0.408 bits per heavy atom. The van der Waals surface area contributed by atoms with Crippen LogP contribution < -0.4 is 7.39 Å². The standard InChI is InChI=1S/C99H165O20S6Si.3CH3.Sn/c1-10-12-14-16-18-20-22-24-26-28-30-32-34-36-38-83-74-89(94-85(40-73-120-94)79-116-69-65-112-61-57-108-53-49-104-45-41-100-3)121-95(83)91-76-86(80-117-70-66-113-62-58-109-54-50-105-46-42-101-4)98(123-91)92-77-87(81-118-71-67-114-63-59-110-55-51-106-47-43-102-5)97(124-92)90-75-84(39-37-35-33-31-29-27-25-23-21-19-17-15-13-11-2)96(122-90)93-78-88(99(125-93)126(7,8)9)82-119-72-68-115-64-60-111-56-52-107-48-44-103-6;;;;/h40,74-78H,10-39,41-72,79-82H2,1-9H3;3*1H3;. The van der Waals surface area contributed by atoms with Crippen LogP contribution >= 0.6 is 68.0 Å². The Hall–Kier alpha value is -1.58. The number of methoxy groups -OCH3 is 4. The molecule has 0 amide bonds. The average molecular weight is 2060 g/mol. The molecule has 20 nitrogen and oxygen atoms in total. The van der Waals surface area contributed by atoms with E-state index in [1.165, 1.54) is 254 Å². The minimum absolute atomic E-state index is 0.429. The number of ether oxygens (including phenoxy) is 20. The minimum atomic E-state index is -2.60. The third-order valence-corrected chi connectivity index (χ3v) is 43.2. The first-order valence-electron chi connectivity index (χ1n) is 49.7. The number of thiophene rings is 6. The van der Waals surface area contributed by atoms with Gasteiger partial charge in [-0.25, -0.2) is 0 Å². The van der Waals surface area contributed by atoms with Gasteiger partial charge in [0.25, 0.3) is 0 Å². The molecule has 0 fully saturated rings. The molecule has 0 aliphatic carbocycles. The molecular formula is C102H174O20S6SiSn. The third kappa shape index (κ3) is 52.6. The van der Waals surface area contributed by atoms with Crippen molar-refractivity contribution in [2.45, 2.75) is 267 Å². The molecule has 0 aliphatic rings. The molecule has 0 saturated carbocycles. The van der Waals surface area contributed by atoms with Gasteiger partial charge >= 0.3 is 272 Å². The predicted molar refractivity (Wildman–Crippen MR) is 551 cm³/mol. The summed E-state index contributed by atoms with van der Waals surface area (Å²) in [5.74, 6) is 0. The van der Waals surface area contributed by atoms with Gasteiger partial charge in [-0.1, -0.05) is 175 Å². The fraction of sp³-hybridized carbons (Fsp3) is 0.765. The Labute approximate surface area is 815 Å². The van der Waals surface area contributed by atoms with Gasteiger partial charge in [-0.3, -0.25) is 0 Å². The molecule has 6 rings (SSSR count). The van der Waals surface area contributed by atoms with Gasteiger partial charge in [-0.05, 0) is 40.6 Å². The Bertz CT molecular complexity index is 3640. The van der Waals surface area contributed by atoms with Crippen LogP contribution in [-0.4, -0.2) is 266 Å². The molecule has 130 heavy (non-hydrogen) atoms. The number of unbranched alkanes of at least 4 members (excludes halogenated alkanes) is 26. The second kappa shape index (κ2) is 77.2. The predicted octanol–water partition coefficient (Wildman–Crippen LogP) is 24.4. The fourth-order valence-corrected chi connectivity index (χ4v) is 30.4. The van der Waals surface area contributed by atoms with E-state index in [0.717, 1.165) is 25.7 Å². The summed E-state index contributed by atoms with van der Waals surface area (Å²) in [6, 6.07) is 15.0. The summed E-state index contributed by atoms with van der Waals surface area (Å²) in [5.41, 5.74) is 7.79. The van der Waals surface area contributed by atoms with Gasteiger partial charge in [0, 0.05) is 43.1 Å². The molecule has 6 aromatic heterocycles. The van der Waals surface area contributed by atoms with Gasteiger partial charge in [-0.2, -0.15) is 0 Å². The van der Waals surface area contributed by atoms with Gasteiger partial charge in [0.1, 0.15) is 0 Å². The molecule has 6 aromatic rings. The summed E-state index contributed by atoms with van der Waals surface area (Å²) >= 11 is 9.17. The van der Waals surface area contributed by atoms with E-state index < -0.39 is 26.5 Å². The molecule has 0 N–H and O–H groups in total. The first kappa shape index (κ1) is 117. The van der Waals surface area contributed by atoms with E-state index in [1.807, 2.05) is 68.0 Å². The SMILES string of the molecule is CCCCCCCCCCCCCCCCc1cc(-c2s[c]([Sn]([CH3])([CH3])[CH3])cc2COCCOCCOCCOCCOC)sc1-c1cc(COCCOCCOCCOCCOC)c(-c2cc(COCCOCCOCCOCCOC)c(-c3cc(CCCCCCCCCCCCCCCC)c(-c4cc(COCCOCCOCCOCCOC)c([Si](C)(C)C)s4)s3)s2)s1. The Morgan fingerprint density at radius 1 is 0.215 bits per heavy atom. The van der Waals surface area contributed by atoms with E-state index in [2.05, 4.69) is 84.7 Å². The number of hydrogen-bond donors (Lipinski definition) is 0. The van der Waals surface area contributed by atoms with Crippen molar-refractivity contribution in [1.82, 2.24) is 0 Å². The summed E-state index contributed by atoms with van der Waals surface area (Å²) in [5, 5.41) is 0. The van der Waals surface area contributed by atoms with E-state index in [1.54, 1.807) is 31.3 Å². The fourth-order valence-electron chi connectivity index (χ4n) is 14.9. The molecule has 0 aromatic carbocycles. The second-order valence-corrected chi connectivity index (χ2v) is 62.6. The van der Waals surface area contributed by atoms with E-state index >= 15 is 0 Å². The van der Waals surface area contributed by atoms with Gasteiger partial charge in [0.15, 0.2) is 0 Å². The maximum atomic E-state index is 6.78. The second-order valence-electron chi connectivity index (χ2n) is 35.5. The average Bonchev–Trinajstić information content (AvgIpc) is 1.61. The van der Waals surface area contributed by atoms with Crippen molar-refractivity contribution in [1.29, 1.82) is 0 Å². The quantitative estimate of drug-likeness (QED) is 0.0259. The Balaban J connectivity index is 1.39. The molecule has 0 saturated heterocycles. The summed E-state index contributed by atoms with van der Waals surface area (Å²) < 4.78 is 120. The van der Waals surface area contributed by atoms with Crippen LogP contribution in [0.5, 0.6) is 0 Å². The molecule has 0 atom stereocenters. The number of aryl methyl sites for hydroxylation is 2. The van der Waals surface area contributed by atoms with Crippen molar-refractivity contribution in [2.75, 3.05) is 240 Å². The van der Waals surface area contributed by atoms with Crippen LogP contribution in [0.1, 0.15) is 227 Å². The molecular weight excluding hydrogens is 1880 g/mol. The van der Waals surface area contributed by atoms with E-state index in [9.17, 15) is 0 Å². The van der Waals surface area contributed by atoms with Crippen molar-refractivity contribution >= 4 is 102 Å². The molecule has 0 radical (unpaired) electrons. The van der Waals surface area contributed by atoms with Crippen molar-refractivity contribution in [3.63, 3.8) is 0 Å². The summed E-state index contributed by atoms with van der Waals surface area (Å²) in [4.78, 5) is 20.6. The van der Waals surface area contributed by atoms with Crippen LogP contribution in [0.4, 0.5) is 0 Å². The first-order valence-corrected chi connectivity index (χ1v) is 68.1. The van der Waals surface area contributed by atoms with Crippen LogP contribution in [0.25, 0.3) is 48.8 Å². The number of hydrogen-bond acceptors (Lipinski definition) is 26. The Morgan fingerprint density at radius 3 is 0.654 bits per heavy atom. The Kier molecular flexibility index (Phi) is 69.5. The third-order valence-electron chi connectivity index (χ3n) is 22.2. The molecule has 0 aliphatic heterocycles. The van der Waals surface area contributed by atoms with Crippen LogP contribution in [0.2, 0.25) is 34.5 Å². The normalized spacial score (nSPS) is 12.2. The van der Waals surface area contributed by atoms with Crippen molar-refractivity contribution in [2.24, 2.45) is 0 Å². The zero-order valence-corrected chi connectivity index (χ0v) is 91.5. The van der Waals surface area contributed by atoms with Crippen LogP contribution in [0.3, 0.4) is 0 Å². The van der Waals surface area contributed by atoms with Crippen molar-refractivity contribution in [3.8, 4) is 48.8 Å². The number of rotatable bonds is 93. The molecule has 28 heteroatoms. The van der Waals surface area contributed by atoms with Gasteiger partial charge < -0.3 is 75.8 Å². The van der Waals surface area contributed by atoms with Gasteiger partial charge in [-0.15, -0.1) is 22.7 Å². The maximum absolute atomic E-state index is 6.78. The molecule has 6 heterocycles. The molecule has 0 unspecified atom stereocenters. The zero-order valence-electron chi connectivity index (χ0n) is 82.7. The molecule has 746 valence electrons. The topological polar surface area (TPSA) is 185 Å². The van der Waals surface area contributed by atoms with Crippen LogP contribution in [0.15, 0.2) is 36.4 Å². The van der Waals surface area contributed by atoms with Gasteiger partial charge in [0.05, 0.1) is 193 Å². The summed E-state index contributed by atoms with van der Waals surface area (Å²) in [6.45, 7) is 30.3. The van der Waals surface area contributed by atoms with Crippen LogP contribution in [-0.2, 0) is 134 Å². The van der Waals surface area contributed by atoms with Crippen molar-refractivity contribution < 1.29 is 94.7 Å². The molecule has 0 spiro atoms. The summed E-state index contributed by atoms with van der Waals surface area (Å²) in [6.07, 6.45) is 39.2. The van der Waals surface area contributed by atoms with Crippen LogP contribution in [0, 0.1) is 0 Å². The van der Waals surface area contributed by atoms with Gasteiger partial charge in [0.2, 0.25) is 0 Å². The zero-order chi connectivity index (χ0) is 92.7. The molecule has 0 bridgehead atoms. The van der Waals surface area contributed by atoms with Crippen molar-refractivity contribution in [3.05, 3.63) is 69.8 Å². The van der Waals surface area contributed by atoms with E-state index in [4.69, 9.17) is 94.7 Å². The summed E-state index contributed by atoms with van der Waals surface area (Å²) in [7, 11) is 4.88. The van der Waals surface area contributed by atoms with E-state index in [0.29, 0.717) is 238 Å². The van der Waals surface area contributed by atoms with E-state index in [-0.39, 0.29) is 0 Å². The first-order chi connectivity index (χ1) is 63.7. The monoisotopic (exact) mass is 2060 g/mol.